The van der Waals surface area contributed by atoms with Gasteiger partial charge in [-0.3, -0.25) is 4.79 Å². The standard InChI is InChI=1S/C14H7ClFNO2/c15-11-6-2-5-10-13(11)17(19)12(14(10)18)8-3-1-4-9(16)7-8/h1-7H. The van der Waals surface area contributed by atoms with Gasteiger partial charge < -0.3 is 5.21 Å². The van der Waals surface area contributed by atoms with E-state index >= 15 is 0 Å². The van der Waals surface area contributed by atoms with Gasteiger partial charge >= 0.3 is 0 Å². The summed E-state index contributed by atoms with van der Waals surface area (Å²) in [6.07, 6.45) is 0. The number of para-hydroxylation sites is 1. The van der Waals surface area contributed by atoms with Crippen LogP contribution in [0.15, 0.2) is 42.5 Å². The van der Waals surface area contributed by atoms with Gasteiger partial charge in [-0.05, 0) is 30.3 Å². The van der Waals surface area contributed by atoms with E-state index in [4.69, 9.17) is 11.6 Å². The normalized spacial score (nSPS) is 13.9. The fourth-order valence-electron chi connectivity index (χ4n) is 2.12. The number of halogens is 2. The molecule has 0 amide bonds. The number of hydrogen-bond donors (Lipinski definition) is 0. The zero-order valence-corrected chi connectivity index (χ0v) is 10.3. The van der Waals surface area contributed by atoms with Crippen LogP contribution in [0.2, 0.25) is 5.02 Å². The molecule has 0 fully saturated rings. The monoisotopic (exact) mass is 275 g/mol. The number of rotatable bonds is 1. The minimum Gasteiger partial charge on any atom is -0.618 e. The maximum absolute atomic E-state index is 13.2. The molecule has 0 spiro atoms. The molecule has 2 aromatic carbocycles. The molecule has 0 aromatic heterocycles. The van der Waals surface area contributed by atoms with Gasteiger partial charge in [0.2, 0.25) is 5.69 Å². The molecule has 0 saturated carbocycles. The van der Waals surface area contributed by atoms with E-state index in [-0.39, 0.29) is 27.5 Å². The second-order valence-corrected chi connectivity index (χ2v) is 4.53. The van der Waals surface area contributed by atoms with Crippen molar-refractivity contribution in [2.75, 3.05) is 0 Å². The summed E-state index contributed by atoms with van der Waals surface area (Å²) >= 11 is 5.93. The number of ketones is 1. The Kier molecular flexibility index (Phi) is 2.61. The maximum Gasteiger partial charge on any atom is 0.273 e. The molecule has 19 heavy (non-hydrogen) atoms. The Morgan fingerprint density at radius 3 is 2.58 bits per heavy atom. The van der Waals surface area contributed by atoms with Crippen molar-refractivity contribution in [2.24, 2.45) is 0 Å². The Hall–Kier alpha value is -2.20. The van der Waals surface area contributed by atoms with Crippen molar-refractivity contribution in [1.82, 2.24) is 0 Å². The number of carbonyl (C=O) groups excluding carboxylic acids is 1. The summed E-state index contributed by atoms with van der Waals surface area (Å²) in [5.41, 5.74) is 0.491. The first-order chi connectivity index (χ1) is 9.09. The highest BCUT2D eigenvalue weighted by molar-refractivity contribution is 6.53. The number of carbonyl (C=O) groups is 1. The van der Waals surface area contributed by atoms with Crippen LogP contribution < -0.4 is 0 Å². The molecule has 1 aliphatic heterocycles. The van der Waals surface area contributed by atoms with Crippen molar-refractivity contribution in [2.45, 2.75) is 0 Å². The summed E-state index contributed by atoms with van der Waals surface area (Å²) in [7, 11) is 0. The third-order valence-corrected chi connectivity index (χ3v) is 3.26. The average Bonchev–Trinajstić information content (AvgIpc) is 2.63. The zero-order chi connectivity index (χ0) is 13.6. The van der Waals surface area contributed by atoms with Crippen molar-refractivity contribution in [3.63, 3.8) is 0 Å². The second-order valence-electron chi connectivity index (χ2n) is 4.12. The Morgan fingerprint density at radius 1 is 1.16 bits per heavy atom. The van der Waals surface area contributed by atoms with Gasteiger partial charge in [-0.15, -0.1) is 0 Å². The van der Waals surface area contributed by atoms with Crippen LogP contribution in [0.25, 0.3) is 0 Å². The van der Waals surface area contributed by atoms with Crippen molar-refractivity contribution in [1.29, 1.82) is 0 Å². The lowest BCUT2D eigenvalue weighted by Crippen LogP contribution is -2.16. The maximum atomic E-state index is 13.2. The van der Waals surface area contributed by atoms with Crippen LogP contribution in [0.1, 0.15) is 15.9 Å². The van der Waals surface area contributed by atoms with Gasteiger partial charge in [-0.1, -0.05) is 23.7 Å². The minimum absolute atomic E-state index is 0.109. The summed E-state index contributed by atoms with van der Waals surface area (Å²) in [5.74, 6) is -0.952. The van der Waals surface area contributed by atoms with E-state index in [2.05, 4.69) is 0 Å². The van der Waals surface area contributed by atoms with Gasteiger partial charge in [-0.2, -0.15) is 4.74 Å². The quantitative estimate of drug-likeness (QED) is 0.592. The Labute approximate surface area is 113 Å². The summed E-state index contributed by atoms with van der Waals surface area (Å²) in [5, 5.41) is 12.4. The first-order valence-corrected chi connectivity index (χ1v) is 5.91. The van der Waals surface area contributed by atoms with E-state index in [0.29, 0.717) is 4.74 Å². The first-order valence-electron chi connectivity index (χ1n) is 5.53. The number of hydrogen-bond acceptors (Lipinski definition) is 2. The van der Waals surface area contributed by atoms with E-state index in [9.17, 15) is 14.4 Å². The minimum atomic E-state index is -0.506. The highest BCUT2D eigenvalue weighted by Crippen LogP contribution is 2.34. The molecule has 0 saturated heterocycles. The molecular formula is C14H7ClFNO2. The average molecular weight is 276 g/mol. The summed E-state index contributed by atoms with van der Waals surface area (Å²) in [4.78, 5) is 12.2. The highest BCUT2D eigenvalue weighted by atomic mass is 35.5. The SMILES string of the molecule is O=C1C(c2cccc(F)c2)=[N+]([O-])c2c(Cl)cccc21. The molecule has 1 aliphatic rings. The molecule has 5 heteroatoms. The summed E-state index contributed by atoms with van der Waals surface area (Å²) in [6.45, 7) is 0. The lowest BCUT2D eigenvalue weighted by atomic mass is 10.0. The van der Waals surface area contributed by atoms with Crippen molar-refractivity contribution in [3.05, 3.63) is 69.6 Å². The van der Waals surface area contributed by atoms with Crippen LogP contribution >= 0.6 is 11.6 Å². The van der Waals surface area contributed by atoms with Gasteiger partial charge in [0.15, 0.2) is 0 Å². The molecule has 0 aliphatic carbocycles. The molecule has 3 nitrogen and oxygen atoms in total. The Balaban J connectivity index is 2.25. The number of Topliss-reactive ketones (excluding diaryl/α,β-unsaturated/α-hetero) is 1. The lowest BCUT2D eigenvalue weighted by molar-refractivity contribution is -0.355. The molecule has 3 rings (SSSR count). The van der Waals surface area contributed by atoms with Crippen molar-refractivity contribution in [3.8, 4) is 0 Å². The largest absolute Gasteiger partial charge is 0.618 e. The topological polar surface area (TPSA) is 43.1 Å². The Bertz CT molecular complexity index is 740. The van der Waals surface area contributed by atoms with Crippen LogP contribution in [-0.2, 0) is 0 Å². The third-order valence-electron chi connectivity index (χ3n) is 2.95. The summed E-state index contributed by atoms with van der Waals surface area (Å²) in [6, 6.07) is 10.0. The van der Waals surface area contributed by atoms with Crippen LogP contribution in [0.4, 0.5) is 10.1 Å². The second kappa shape index (κ2) is 4.17. The van der Waals surface area contributed by atoms with Crippen LogP contribution in [0.3, 0.4) is 0 Å². The predicted octanol–water partition coefficient (Wildman–Crippen LogP) is 3.31. The van der Waals surface area contributed by atoms with Gasteiger partial charge in [0.1, 0.15) is 16.4 Å². The van der Waals surface area contributed by atoms with E-state index < -0.39 is 11.6 Å². The number of nitrogens with zero attached hydrogens (tertiary/aromatic N) is 1. The smallest absolute Gasteiger partial charge is 0.273 e. The van der Waals surface area contributed by atoms with Crippen molar-refractivity contribution >= 4 is 28.8 Å². The Morgan fingerprint density at radius 2 is 1.89 bits per heavy atom. The molecule has 94 valence electrons. The van der Waals surface area contributed by atoms with Gasteiger partial charge in [0, 0.05) is 0 Å². The molecular weight excluding hydrogens is 269 g/mol. The van der Waals surface area contributed by atoms with Gasteiger partial charge in [-0.25, -0.2) is 4.39 Å². The number of fused-ring (bicyclic) bond motifs is 1. The number of benzene rings is 2. The first kappa shape index (κ1) is 11.9. The van der Waals surface area contributed by atoms with Crippen LogP contribution in [-0.4, -0.2) is 16.2 Å². The van der Waals surface area contributed by atoms with E-state index in [1.165, 1.54) is 30.3 Å². The fraction of sp³-hybridized carbons (Fsp3) is 0. The molecule has 0 atom stereocenters. The molecule has 0 unspecified atom stereocenters. The van der Waals surface area contributed by atoms with Crippen LogP contribution in [0, 0.1) is 11.0 Å². The molecule has 2 aromatic rings. The van der Waals surface area contributed by atoms with Crippen molar-refractivity contribution < 1.29 is 13.9 Å². The van der Waals surface area contributed by atoms with E-state index in [0.717, 1.165) is 6.07 Å². The molecule has 1 heterocycles. The zero-order valence-electron chi connectivity index (χ0n) is 9.56. The molecule has 0 bridgehead atoms. The molecule has 0 radical (unpaired) electrons. The van der Waals surface area contributed by atoms with Gasteiger partial charge in [0.25, 0.3) is 11.5 Å². The predicted molar refractivity (Wildman–Crippen MR) is 69.6 cm³/mol. The third kappa shape index (κ3) is 1.72. The van der Waals surface area contributed by atoms with Crippen LogP contribution in [0.5, 0.6) is 0 Å². The summed E-state index contributed by atoms with van der Waals surface area (Å²) < 4.78 is 13.7. The highest BCUT2D eigenvalue weighted by Gasteiger charge is 2.38. The van der Waals surface area contributed by atoms with Gasteiger partial charge in [0.05, 0.1) is 5.56 Å². The van der Waals surface area contributed by atoms with E-state index in [1.807, 2.05) is 0 Å². The molecule has 0 N–H and O–H groups in total. The fourth-order valence-corrected chi connectivity index (χ4v) is 2.37. The lowest BCUT2D eigenvalue weighted by Gasteiger charge is -2.03. The van der Waals surface area contributed by atoms with E-state index in [1.54, 1.807) is 6.07 Å².